The van der Waals surface area contributed by atoms with Crippen LogP contribution in [0.1, 0.15) is 19.8 Å². The summed E-state index contributed by atoms with van der Waals surface area (Å²) in [7, 11) is 0. The first kappa shape index (κ1) is 10.3. The number of alkyl halides is 2. The second kappa shape index (κ2) is 3.42. The molecule has 2 nitrogen and oxygen atoms in total. The van der Waals surface area contributed by atoms with E-state index in [9.17, 15) is 8.78 Å². The van der Waals surface area contributed by atoms with Crippen LogP contribution in [0.2, 0.25) is 0 Å². The molecule has 4 heteroatoms. The summed E-state index contributed by atoms with van der Waals surface area (Å²) in [5, 5.41) is 3.11. The van der Waals surface area contributed by atoms with Crippen molar-refractivity contribution in [1.29, 1.82) is 0 Å². The van der Waals surface area contributed by atoms with Gasteiger partial charge in [-0.3, -0.25) is 0 Å². The summed E-state index contributed by atoms with van der Waals surface area (Å²) < 4.78 is 27.6. The highest BCUT2D eigenvalue weighted by Gasteiger charge is 2.57. The Hall–Kier alpha value is -0.220. The monoisotopic (exact) mass is 204 g/mol. The summed E-state index contributed by atoms with van der Waals surface area (Å²) in [6, 6.07) is 0. The molecule has 0 aliphatic carbocycles. The molecule has 1 atom stereocenters. The van der Waals surface area contributed by atoms with Gasteiger partial charge in [0.05, 0.1) is 5.41 Å². The molecule has 2 rings (SSSR count). The van der Waals surface area contributed by atoms with E-state index in [2.05, 4.69) is 10.2 Å². The number of nitrogens with zero attached hydrogens (tertiary/aromatic N) is 1. The van der Waals surface area contributed by atoms with Crippen LogP contribution in [-0.2, 0) is 0 Å². The summed E-state index contributed by atoms with van der Waals surface area (Å²) in [5.74, 6) is -2.47. The molecule has 0 bridgehead atoms. The smallest absolute Gasteiger partial charge is 0.257 e. The molecule has 2 saturated heterocycles. The second-order valence-corrected chi connectivity index (χ2v) is 4.53. The molecule has 0 aromatic carbocycles. The fourth-order valence-electron chi connectivity index (χ4n) is 2.64. The number of halogens is 2. The molecule has 0 aromatic heterocycles. The molecule has 2 heterocycles. The maximum atomic E-state index is 13.8. The van der Waals surface area contributed by atoms with Crippen molar-refractivity contribution in [3.63, 3.8) is 0 Å². The van der Waals surface area contributed by atoms with Crippen molar-refractivity contribution in [2.75, 3.05) is 32.7 Å². The van der Waals surface area contributed by atoms with Gasteiger partial charge < -0.3 is 10.2 Å². The molecule has 2 fully saturated rings. The molecule has 0 amide bonds. The standard InChI is InChI=1S/C10H18F2N2/c1-2-14-6-4-9(8-14)7-13-5-3-10(9,11)12/h13H,2-8H2,1H3/t9-/m0/s1. The van der Waals surface area contributed by atoms with Crippen molar-refractivity contribution >= 4 is 0 Å². The van der Waals surface area contributed by atoms with Crippen LogP contribution in [0.4, 0.5) is 8.78 Å². The van der Waals surface area contributed by atoms with Gasteiger partial charge in [0, 0.05) is 26.1 Å². The summed E-state index contributed by atoms with van der Waals surface area (Å²) in [5.41, 5.74) is -0.777. The van der Waals surface area contributed by atoms with E-state index in [1.165, 1.54) is 0 Å². The van der Waals surface area contributed by atoms with Gasteiger partial charge in [0.25, 0.3) is 5.92 Å². The lowest BCUT2D eigenvalue weighted by atomic mass is 9.76. The van der Waals surface area contributed by atoms with Gasteiger partial charge in [-0.1, -0.05) is 6.92 Å². The van der Waals surface area contributed by atoms with E-state index < -0.39 is 11.3 Å². The number of piperidine rings is 1. The first-order valence-corrected chi connectivity index (χ1v) is 5.41. The lowest BCUT2D eigenvalue weighted by Gasteiger charge is -2.41. The Bertz CT molecular complexity index is 220. The maximum Gasteiger partial charge on any atom is 0.257 e. The van der Waals surface area contributed by atoms with Gasteiger partial charge in [-0.25, -0.2) is 8.78 Å². The third-order valence-electron chi connectivity index (χ3n) is 3.74. The second-order valence-electron chi connectivity index (χ2n) is 4.53. The van der Waals surface area contributed by atoms with Gasteiger partial charge in [0.15, 0.2) is 0 Å². The Labute approximate surface area is 83.7 Å². The predicted molar refractivity (Wildman–Crippen MR) is 51.6 cm³/mol. The van der Waals surface area contributed by atoms with Crippen molar-refractivity contribution in [2.24, 2.45) is 5.41 Å². The van der Waals surface area contributed by atoms with Gasteiger partial charge >= 0.3 is 0 Å². The number of hydrogen-bond acceptors (Lipinski definition) is 2. The van der Waals surface area contributed by atoms with E-state index in [-0.39, 0.29) is 6.42 Å². The highest BCUT2D eigenvalue weighted by atomic mass is 19.3. The van der Waals surface area contributed by atoms with E-state index in [1.807, 2.05) is 6.92 Å². The zero-order valence-electron chi connectivity index (χ0n) is 8.65. The number of hydrogen-bond donors (Lipinski definition) is 1. The van der Waals surface area contributed by atoms with Crippen LogP contribution < -0.4 is 5.32 Å². The third kappa shape index (κ3) is 1.44. The Balaban J connectivity index is 2.14. The minimum absolute atomic E-state index is 0.00452. The Morgan fingerprint density at radius 1 is 1.36 bits per heavy atom. The Morgan fingerprint density at radius 2 is 2.14 bits per heavy atom. The number of nitrogens with one attached hydrogen (secondary N) is 1. The van der Waals surface area contributed by atoms with Crippen LogP contribution in [0.5, 0.6) is 0 Å². The first-order valence-electron chi connectivity index (χ1n) is 5.41. The van der Waals surface area contributed by atoms with Crippen LogP contribution in [0, 0.1) is 5.41 Å². The summed E-state index contributed by atoms with van der Waals surface area (Å²) >= 11 is 0. The average molecular weight is 204 g/mol. The lowest BCUT2D eigenvalue weighted by Crippen LogP contribution is -2.55. The van der Waals surface area contributed by atoms with Crippen LogP contribution >= 0.6 is 0 Å². The van der Waals surface area contributed by atoms with E-state index in [0.29, 0.717) is 26.1 Å². The van der Waals surface area contributed by atoms with Crippen molar-refractivity contribution in [1.82, 2.24) is 10.2 Å². The first-order chi connectivity index (χ1) is 6.60. The molecular weight excluding hydrogens is 186 g/mol. The van der Waals surface area contributed by atoms with Gasteiger partial charge in [-0.05, 0) is 19.5 Å². The summed E-state index contributed by atoms with van der Waals surface area (Å²) in [6.45, 7) is 5.25. The highest BCUT2D eigenvalue weighted by Crippen LogP contribution is 2.47. The molecule has 14 heavy (non-hydrogen) atoms. The van der Waals surface area contributed by atoms with Crippen molar-refractivity contribution in [3.8, 4) is 0 Å². The van der Waals surface area contributed by atoms with E-state index >= 15 is 0 Å². The fraction of sp³-hybridized carbons (Fsp3) is 1.00. The summed E-state index contributed by atoms with van der Waals surface area (Å²) in [6.07, 6.45) is 0.644. The average Bonchev–Trinajstić information content (AvgIpc) is 2.56. The van der Waals surface area contributed by atoms with Gasteiger partial charge in [0.2, 0.25) is 0 Å². The molecule has 2 aliphatic heterocycles. The van der Waals surface area contributed by atoms with Gasteiger partial charge in [0.1, 0.15) is 0 Å². The SMILES string of the molecule is CCN1CC[C@]2(CNCCC2(F)F)C1. The van der Waals surface area contributed by atoms with Gasteiger partial charge in [-0.2, -0.15) is 0 Å². The van der Waals surface area contributed by atoms with Crippen LogP contribution in [0.3, 0.4) is 0 Å². The van der Waals surface area contributed by atoms with E-state index in [1.54, 1.807) is 0 Å². The number of rotatable bonds is 1. The zero-order valence-corrected chi connectivity index (χ0v) is 8.65. The third-order valence-corrected chi connectivity index (χ3v) is 3.74. The molecule has 0 saturated carbocycles. The van der Waals surface area contributed by atoms with Crippen LogP contribution in [-0.4, -0.2) is 43.5 Å². The van der Waals surface area contributed by atoms with Crippen LogP contribution in [0.15, 0.2) is 0 Å². The molecule has 0 radical (unpaired) electrons. The largest absolute Gasteiger partial charge is 0.316 e. The molecule has 0 unspecified atom stereocenters. The number of likely N-dealkylation sites (tertiary alicyclic amines) is 1. The lowest BCUT2D eigenvalue weighted by molar-refractivity contribution is -0.135. The molecule has 1 N–H and O–H groups in total. The van der Waals surface area contributed by atoms with Gasteiger partial charge in [-0.15, -0.1) is 0 Å². The predicted octanol–water partition coefficient (Wildman–Crippen LogP) is 1.33. The Morgan fingerprint density at radius 3 is 2.71 bits per heavy atom. The van der Waals surface area contributed by atoms with Crippen molar-refractivity contribution in [2.45, 2.75) is 25.7 Å². The molecule has 0 aromatic rings. The quantitative estimate of drug-likeness (QED) is 0.693. The fourth-order valence-corrected chi connectivity index (χ4v) is 2.64. The van der Waals surface area contributed by atoms with E-state index in [0.717, 1.165) is 13.1 Å². The maximum absolute atomic E-state index is 13.8. The molecule has 2 aliphatic rings. The topological polar surface area (TPSA) is 15.3 Å². The highest BCUT2D eigenvalue weighted by molar-refractivity contribution is 5.03. The van der Waals surface area contributed by atoms with E-state index in [4.69, 9.17) is 0 Å². The zero-order chi connectivity index (χ0) is 10.2. The molecular formula is C10H18F2N2. The molecule has 1 spiro atoms. The molecule has 82 valence electrons. The van der Waals surface area contributed by atoms with Crippen molar-refractivity contribution in [3.05, 3.63) is 0 Å². The minimum Gasteiger partial charge on any atom is -0.316 e. The normalized spacial score (nSPS) is 37.9. The van der Waals surface area contributed by atoms with Crippen molar-refractivity contribution < 1.29 is 8.78 Å². The Kier molecular flexibility index (Phi) is 2.52. The minimum atomic E-state index is -2.47. The summed E-state index contributed by atoms with van der Waals surface area (Å²) in [4.78, 5) is 2.13. The van der Waals surface area contributed by atoms with Crippen LogP contribution in [0.25, 0.3) is 0 Å².